The number of benzene rings is 1. The number of nitrogens with one attached hydrogen (secondary N) is 1. The number of nitrogens with two attached hydrogens (primary N) is 1. The lowest BCUT2D eigenvalue weighted by Crippen LogP contribution is -2.24. The molecule has 0 fully saturated rings. The van der Waals surface area contributed by atoms with Gasteiger partial charge in [-0.25, -0.2) is 9.07 Å². The lowest BCUT2D eigenvalue weighted by atomic mass is 10.1. The van der Waals surface area contributed by atoms with E-state index in [4.69, 9.17) is 10.2 Å². The molecule has 2 heterocycles. The van der Waals surface area contributed by atoms with Crippen LogP contribution in [0.25, 0.3) is 5.69 Å². The summed E-state index contributed by atoms with van der Waals surface area (Å²) >= 11 is 0. The standard InChI is InChI=1S/C18H15FN6O4/c19-11-3-5-12(6-4-11)24-17(21)13(10-20)14(23-24)2-1-9-22-18(26)15-7-8-16(29-15)25(27)28/h3-8H,1-2,9,21H2,(H,22,26). The number of aryl methyl sites for hydroxylation is 1. The van der Waals surface area contributed by atoms with Crippen molar-refractivity contribution in [2.45, 2.75) is 12.8 Å². The predicted octanol–water partition coefficient (Wildman–Crippen LogP) is 2.33. The first-order valence-electron chi connectivity index (χ1n) is 8.46. The molecule has 0 spiro atoms. The lowest BCUT2D eigenvalue weighted by molar-refractivity contribution is -0.402. The van der Waals surface area contributed by atoms with Crippen LogP contribution in [-0.4, -0.2) is 27.2 Å². The Morgan fingerprint density at radius 1 is 1.34 bits per heavy atom. The molecule has 0 atom stereocenters. The van der Waals surface area contributed by atoms with Gasteiger partial charge in [-0.05, 0) is 43.2 Å². The van der Waals surface area contributed by atoms with Crippen LogP contribution in [0.4, 0.5) is 16.1 Å². The van der Waals surface area contributed by atoms with E-state index in [9.17, 15) is 24.6 Å². The number of hydrogen-bond donors (Lipinski definition) is 2. The van der Waals surface area contributed by atoms with E-state index in [2.05, 4.69) is 10.4 Å². The summed E-state index contributed by atoms with van der Waals surface area (Å²) in [6.45, 7) is 0.224. The largest absolute Gasteiger partial charge is 0.433 e. The molecule has 29 heavy (non-hydrogen) atoms. The third kappa shape index (κ3) is 4.22. The summed E-state index contributed by atoms with van der Waals surface area (Å²) in [6, 6.07) is 9.82. The highest BCUT2D eigenvalue weighted by atomic mass is 19.1. The molecule has 11 heteroatoms. The number of rotatable bonds is 7. The number of aromatic nitrogens is 2. The van der Waals surface area contributed by atoms with E-state index < -0.39 is 22.5 Å². The zero-order valence-corrected chi connectivity index (χ0v) is 15.0. The van der Waals surface area contributed by atoms with E-state index in [1.165, 1.54) is 35.0 Å². The van der Waals surface area contributed by atoms with Gasteiger partial charge >= 0.3 is 5.88 Å². The van der Waals surface area contributed by atoms with Crippen LogP contribution in [0.1, 0.15) is 28.2 Å². The average molecular weight is 398 g/mol. The van der Waals surface area contributed by atoms with E-state index in [1.807, 2.05) is 6.07 Å². The van der Waals surface area contributed by atoms with Gasteiger partial charge in [0, 0.05) is 6.54 Å². The number of furan rings is 1. The van der Waals surface area contributed by atoms with Gasteiger partial charge in [-0.15, -0.1) is 0 Å². The Hall–Kier alpha value is -4.20. The molecule has 0 aliphatic rings. The number of halogens is 1. The molecule has 148 valence electrons. The van der Waals surface area contributed by atoms with Crippen molar-refractivity contribution in [1.29, 1.82) is 5.26 Å². The maximum absolute atomic E-state index is 13.1. The van der Waals surface area contributed by atoms with Crippen molar-refractivity contribution >= 4 is 17.6 Å². The fourth-order valence-electron chi connectivity index (χ4n) is 2.65. The number of nitro groups is 1. The molecule has 1 aromatic carbocycles. The van der Waals surface area contributed by atoms with E-state index >= 15 is 0 Å². The van der Waals surface area contributed by atoms with Crippen molar-refractivity contribution in [3.63, 3.8) is 0 Å². The Bertz CT molecular complexity index is 1100. The Balaban J connectivity index is 1.62. The first-order chi connectivity index (χ1) is 13.9. The summed E-state index contributed by atoms with van der Waals surface area (Å²) in [5.41, 5.74) is 7.15. The van der Waals surface area contributed by atoms with Gasteiger partial charge in [-0.1, -0.05) is 0 Å². The molecule has 2 aromatic heterocycles. The SMILES string of the molecule is N#Cc1c(CCCNC(=O)c2ccc([N+](=O)[O-])o2)nn(-c2ccc(F)cc2)c1N. The molecule has 0 aliphatic heterocycles. The summed E-state index contributed by atoms with van der Waals surface area (Å²) in [5.74, 6) is -1.54. The smallest absolute Gasteiger partial charge is 0.395 e. The van der Waals surface area contributed by atoms with Crippen LogP contribution in [-0.2, 0) is 6.42 Å². The Kier molecular flexibility index (Phi) is 5.54. The second-order valence-electron chi connectivity index (χ2n) is 5.96. The number of anilines is 1. The van der Waals surface area contributed by atoms with Crippen LogP contribution in [0.5, 0.6) is 0 Å². The molecule has 3 rings (SSSR count). The van der Waals surface area contributed by atoms with Gasteiger partial charge in [0.15, 0.2) is 5.76 Å². The van der Waals surface area contributed by atoms with Crippen LogP contribution in [0.15, 0.2) is 40.8 Å². The highest BCUT2D eigenvalue weighted by Crippen LogP contribution is 2.22. The second kappa shape index (κ2) is 8.22. The van der Waals surface area contributed by atoms with Gasteiger partial charge in [0.05, 0.1) is 17.4 Å². The van der Waals surface area contributed by atoms with Gasteiger partial charge in [-0.3, -0.25) is 14.9 Å². The highest BCUT2D eigenvalue weighted by Gasteiger charge is 2.18. The summed E-state index contributed by atoms with van der Waals surface area (Å²) < 4.78 is 19.3. The van der Waals surface area contributed by atoms with Crippen molar-refractivity contribution in [2.75, 3.05) is 12.3 Å². The molecule has 10 nitrogen and oxygen atoms in total. The number of nitrogens with zero attached hydrogens (tertiary/aromatic N) is 4. The van der Waals surface area contributed by atoms with Crippen LogP contribution in [0.3, 0.4) is 0 Å². The van der Waals surface area contributed by atoms with Gasteiger partial charge in [0.1, 0.15) is 28.2 Å². The molecule has 0 bridgehead atoms. The number of carbonyl (C=O) groups excluding carboxylic acids is 1. The van der Waals surface area contributed by atoms with Crippen molar-refractivity contribution in [2.24, 2.45) is 0 Å². The average Bonchev–Trinajstić information content (AvgIpc) is 3.31. The van der Waals surface area contributed by atoms with Crippen LogP contribution in [0.2, 0.25) is 0 Å². The zero-order valence-electron chi connectivity index (χ0n) is 15.0. The monoisotopic (exact) mass is 398 g/mol. The van der Waals surface area contributed by atoms with E-state index in [0.717, 1.165) is 6.07 Å². The molecule has 0 aliphatic carbocycles. The van der Waals surface area contributed by atoms with Gasteiger partial charge in [-0.2, -0.15) is 10.4 Å². The van der Waals surface area contributed by atoms with Crippen molar-refractivity contribution in [3.8, 4) is 11.8 Å². The Morgan fingerprint density at radius 2 is 2.07 bits per heavy atom. The number of nitriles is 1. The zero-order chi connectivity index (χ0) is 21.0. The molecular weight excluding hydrogens is 383 g/mol. The number of hydrogen-bond acceptors (Lipinski definition) is 7. The molecule has 0 saturated carbocycles. The molecule has 0 unspecified atom stereocenters. The highest BCUT2D eigenvalue weighted by molar-refractivity contribution is 5.91. The summed E-state index contributed by atoms with van der Waals surface area (Å²) in [7, 11) is 0. The third-order valence-electron chi connectivity index (χ3n) is 4.05. The molecular formula is C18H15FN6O4. The fraction of sp³-hybridized carbons (Fsp3) is 0.167. The fourth-order valence-corrected chi connectivity index (χ4v) is 2.65. The minimum absolute atomic E-state index is 0.140. The third-order valence-corrected chi connectivity index (χ3v) is 4.05. The van der Waals surface area contributed by atoms with Crippen molar-refractivity contribution in [3.05, 3.63) is 69.3 Å². The molecule has 1 amide bonds. The number of amides is 1. The molecule has 3 aromatic rings. The quantitative estimate of drug-likeness (QED) is 0.352. The first kappa shape index (κ1) is 19.6. The van der Waals surface area contributed by atoms with E-state index in [-0.39, 0.29) is 23.7 Å². The lowest BCUT2D eigenvalue weighted by Gasteiger charge is -2.03. The maximum atomic E-state index is 13.1. The van der Waals surface area contributed by atoms with Crippen LogP contribution < -0.4 is 11.1 Å². The van der Waals surface area contributed by atoms with E-state index in [0.29, 0.717) is 24.2 Å². The van der Waals surface area contributed by atoms with Gasteiger partial charge < -0.3 is 15.5 Å². The predicted molar refractivity (Wildman–Crippen MR) is 98.7 cm³/mol. The Morgan fingerprint density at radius 3 is 2.69 bits per heavy atom. The minimum atomic E-state index is -0.734. The molecule has 0 saturated heterocycles. The number of carbonyl (C=O) groups is 1. The normalized spacial score (nSPS) is 10.5. The van der Waals surface area contributed by atoms with Crippen molar-refractivity contribution in [1.82, 2.24) is 15.1 Å². The maximum Gasteiger partial charge on any atom is 0.433 e. The first-order valence-corrected chi connectivity index (χ1v) is 8.46. The summed E-state index contributed by atoms with van der Waals surface area (Å²) in [6.07, 6.45) is 0.781. The molecule has 3 N–H and O–H groups in total. The Labute approximate surface area is 163 Å². The van der Waals surface area contributed by atoms with Gasteiger partial charge in [0.2, 0.25) is 0 Å². The van der Waals surface area contributed by atoms with Crippen LogP contribution in [0, 0.1) is 27.3 Å². The van der Waals surface area contributed by atoms with Gasteiger partial charge in [0.25, 0.3) is 5.91 Å². The second-order valence-corrected chi connectivity index (χ2v) is 5.96. The van der Waals surface area contributed by atoms with E-state index in [1.54, 1.807) is 0 Å². The van der Waals surface area contributed by atoms with Crippen molar-refractivity contribution < 1.29 is 18.5 Å². The summed E-state index contributed by atoms with van der Waals surface area (Å²) in [4.78, 5) is 21.8. The topological polar surface area (TPSA) is 153 Å². The van der Waals surface area contributed by atoms with Crippen LogP contribution >= 0.6 is 0 Å². The minimum Gasteiger partial charge on any atom is -0.395 e. The molecule has 0 radical (unpaired) electrons. The number of nitrogen functional groups attached to an aromatic ring is 1. The summed E-state index contributed by atoms with van der Waals surface area (Å²) in [5, 5.41) is 26.8.